The van der Waals surface area contributed by atoms with Gasteiger partial charge < -0.3 is 10.2 Å². The van der Waals surface area contributed by atoms with Crippen LogP contribution >= 0.6 is 11.6 Å². The van der Waals surface area contributed by atoms with Gasteiger partial charge in [0.05, 0.1) is 0 Å². The van der Waals surface area contributed by atoms with E-state index in [1.807, 2.05) is 0 Å². The van der Waals surface area contributed by atoms with Crippen LogP contribution in [0.5, 0.6) is 0 Å². The molecule has 0 aromatic carbocycles. The SMILES string of the molecule is CCN(CC)c1nc(Cl)nc(NC2CCC(C)(C)CC2)n1. The Morgan fingerprint density at radius 3 is 2.33 bits per heavy atom. The van der Waals surface area contributed by atoms with Gasteiger partial charge in [0.1, 0.15) is 0 Å². The first kappa shape index (κ1) is 16.3. The monoisotopic (exact) mass is 311 g/mol. The van der Waals surface area contributed by atoms with E-state index in [0.717, 1.165) is 25.9 Å². The summed E-state index contributed by atoms with van der Waals surface area (Å²) in [5.41, 5.74) is 0.460. The number of anilines is 2. The summed E-state index contributed by atoms with van der Waals surface area (Å²) in [4.78, 5) is 15.0. The molecule has 1 aromatic heterocycles. The number of nitrogens with one attached hydrogen (secondary N) is 1. The Morgan fingerprint density at radius 2 is 1.76 bits per heavy atom. The van der Waals surface area contributed by atoms with Crippen molar-refractivity contribution in [2.24, 2.45) is 5.41 Å². The number of halogens is 1. The topological polar surface area (TPSA) is 53.9 Å². The minimum atomic E-state index is 0.255. The Bertz CT molecular complexity index is 463. The van der Waals surface area contributed by atoms with E-state index in [2.05, 4.69) is 52.9 Å². The van der Waals surface area contributed by atoms with Gasteiger partial charge in [-0.2, -0.15) is 15.0 Å². The zero-order valence-electron chi connectivity index (χ0n) is 13.5. The Morgan fingerprint density at radius 1 is 1.14 bits per heavy atom. The van der Waals surface area contributed by atoms with Crippen molar-refractivity contribution in [3.8, 4) is 0 Å². The summed E-state index contributed by atoms with van der Waals surface area (Å²) in [6.45, 7) is 10.5. The van der Waals surface area contributed by atoms with Gasteiger partial charge in [-0.3, -0.25) is 0 Å². The minimum Gasteiger partial charge on any atom is -0.351 e. The molecule has 0 radical (unpaired) electrons. The third kappa shape index (κ3) is 4.43. The second-order valence-corrected chi connectivity index (χ2v) is 6.82. The molecule has 2 rings (SSSR count). The summed E-state index contributed by atoms with van der Waals surface area (Å²) in [5.74, 6) is 1.25. The zero-order valence-corrected chi connectivity index (χ0v) is 14.2. The lowest BCUT2D eigenvalue weighted by Gasteiger charge is -2.34. The predicted molar refractivity (Wildman–Crippen MR) is 88.1 cm³/mol. The lowest BCUT2D eigenvalue weighted by atomic mass is 9.76. The molecule has 0 atom stereocenters. The van der Waals surface area contributed by atoms with Crippen LogP contribution < -0.4 is 10.2 Å². The van der Waals surface area contributed by atoms with Crippen LogP contribution in [0.3, 0.4) is 0 Å². The number of rotatable bonds is 5. The second-order valence-electron chi connectivity index (χ2n) is 6.48. The maximum Gasteiger partial charge on any atom is 0.231 e. The van der Waals surface area contributed by atoms with E-state index in [1.165, 1.54) is 12.8 Å². The minimum absolute atomic E-state index is 0.255. The van der Waals surface area contributed by atoms with Crippen LogP contribution in [0.15, 0.2) is 0 Å². The fraction of sp³-hybridized carbons (Fsp3) is 0.800. The highest BCUT2D eigenvalue weighted by molar-refractivity contribution is 6.28. The van der Waals surface area contributed by atoms with Crippen molar-refractivity contribution in [3.63, 3.8) is 0 Å². The van der Waals surface area contributed by atoms with Crippen molar-refractivity contribution in [2.45, 2.75) is 59.4 Å². The molecule has 5 nitrogen and oxygen atoms in total. The third-order valence-corrected chi connectivity index (χ3v) is 4.48. The molecule has 0 bridgehead atoms. The van der Waals surface area contributed by atoms with Gasteiger partial charge in [-0.05, 0) is 56.5 Å². The van der Waals surface area contributed by atoms with E-state index in [1.54, 1.807) is 0 Å². The quantitative estimate of drug-likeness (QED) is 0.897. The summed E-state index contributed by atoms with van der Waals surface area (Å²) >= 11 is 6.04. The highest BCUT2D eigenvalue weighted by atomic mass is 35.5. The van der Waals surface area contributed by atoms with Crippen LogP contribution in [0, 0.1) is 5.41 Å². The molecule has 0 saturated heterocycles. The smallest absolute Gasteiger partial charge is 0.231 e. The van der Waals surface area contributed by atoms with Crippen molar-refractivity contribution in [1.29, 1.82) is 0 Å². The molecule has 0 aliphatic heterocycles. The number of aromatic nitrogens is 3. The highest BCUT2D eigenvalue weighted by Gasteiger charge is 2.27. The van der Waals surface area contributed by atoms with Crippen molar-refractivity contribution >= 4 is 23.5 Å². The maximum atomic E-state index is 6.04. The maximum absolute atomic E-state index is 6.04. The summed E-state index contributed by atoms with van der Waals surface area (Å²) < 4.78 is 0. The molecule has 1 heterocycles. The van der Waals surface area contributed by atoms with Gasteiger partial charge in [0.25, 0.3) is 0 Å². The zero-order chi connectivity index (χ0) is 15.5. The average Bonchev–Trinajstić information content (AvgIpc) is 2.42. The summed E-state index contributed by atoms with van der Waals surface area (Å²) in [7, 11) is 0. The molecule has 0 amide bonds. The lowest BCUT2D eigenvalue weighted by molar-refractivity contribution is 0.232. The number of hydrogen-bond donors (Lipinski definition) is 1. The van der Waals surface area contributed by atoms with Gasteiger partial charge >= 0.3 is 0 Å². The van der Waals surface area contributed by atoms with E-state index in [9.17, 15) is 0 Å². The summed E-state index contributed by atoms with van der Waals surface area (Å²) in [6, 6.07) is 0.432. The van der Waals surface area contributed by atoms with E-state index in [0.29, 0.717) is 23.4 Å². The van der Waals surface area contributed by atoms with Gasteiger partial charge in [0.15, 0.2) is 0 Å². The van der Waals surface area contributed by atoms with Crippen molar-refractivity contribution in [3.05, 3.63) is 5.28 Å². The molecule has 0 unspecified atom stereocenters. The predicted octanol–water partition coefficient (Wildman–Crippen LogP) is 3.75. The van der Waals surface area contributed by atoms with Crippen molar-refractivity contribution in [2.75, 3.05) is 23.3 Å². The average molecular weight is 312 g/mol. The second kappa shape index (κ2) is 6.77. The summed E-state index contributed by atoms with van der Waals surface area (Å²) in [6.07, 6.45) is 4.76. The Labute approximate surface area is 132 Å². The molecular weight excluding hydrogens is 286 g/mol. The van der Waals surface area contributed by atoms with Crippen LogP contribution in [0.2, 0.25) is 5.28 Å². The molecule has 1 fully saturated rings. The number of hydrogen-bond acceptors (Lipinski definition) is 5. The molecule has 1 N–H and O–H groups in total. The standard InChI is InChI=1S/C15H26ClN5/c1-5-21(6-2)14-19-12(16)18-13(20-14)17-11-7-9-15(3,4)10-8-11/h11H,5-10H2,1-4H3,(H,17,18,19,20). The Hall–Kier alpha value is -1.10. The van der Waals surface area contributed by atoms with Gasteiger partial charge in [0.2, 0.25) is 17.2 Å². The molecule has 1 aliphatic carbocycles. The Kier molecular flexibility index (Phi) is 5.25. The van der Waals surface area contributed by atoms with Crippen molar-refractivity contribution < 1.29 is 0 Å². The van der Waals surface area contributed by atoms with Crippen molar-refractivity contribution in [1.82, 2.24) is 15.0 Å². The fourth-order valence-electron chi connectivity index (χ4n) is 2.78. The van der Waals surface area contributed by atoms with E-state index in [-0.39, 0.29) is 5.28 Å². The first-order valence-electron chi connectivity index (χ1n) is 7.86. The fourth-order valence-corrected chi connectivity index (χ4v) is 2.93. The molecule has 1 aliphatic rings. The normalized spacial score (nSPS) is 18.5. The largest absolute Gasteiger partial charge is 0.351 e. The van der Waals surface area contributed by atoms with Crippen LogP contribution in [-0.4, -0.2) is 34.1 Å². The molecule has 21 heavy (non-hydrogen) atoms. The first-order valence-corrected chi connectivity index (χ1v) is 8.24. The lowest BCUT2D eigenvalue weighted by Crippen LogP contribution is -2.31. The van der Waals surface area contributed by atoms with Crippen LogP contribution in [0.25, 0.3) is 0 Å². The summed E-state index contributed by atoms with van der Waals surface area (Å²) in [5, 5.41) is 3.68. The Balaban J connectivity index is 2.06. The van der Waals surface area contributed by atoms with E-state index >= 15 is 0 Å². The molecule has 1 saturated carbocycles. The third-order valence-electron chi connectivity index (χ3n) is 4.31. The van der Waals surface area contributed by atoms with Gasteiger partial charge in [-0.15, -0.1) is 0 Å². The van der Waals surface area contributed by atoms with E-state index in [4.69, 9.17) is 11.6 Å². The van der Waals surface area contributed by atoms with Crippen LogP contribution in [-0.2, 0) is 0 Å². The first-order chi connectivity index (χ1) is 9.93. The van der Waals surface area contributed by atoms with Gasteiger partial charge in [-0.25, -0.2) is 0 Å². The molecule has 6 heteroatoms. The van der Waals surface area contributed by atoms with Gasteiger partial charge in [0, 0.05) is 19.1 Å². The molecule has 0 spiro atoms. The number of nitrogens with zero attached hydrogens (tertiary/aromatic N) is 4. The van der Waals surface area contributed by atoms with Crippen LogP contribution in [0.4, 0.5) is 11.9 Å². The molecular formula is C15H26ClN5. The van der Waals surface area contributed by atoms with E-state index < -0.39 is 0 Å². The molecule has 118 valence electrons. The van der Waals surface area contributed by atoms with Crippen LogP contribution in [0.1, 0.15) is 53.4 Å². The van der Waals surface area contributed by atoms with Gasteiger partial charge in [-0.1, -0.05) is 13.8 Å². The molecule has 1 aromatic rings. The highest BCUT2D eigenvalue weighted by Crippen LogP contribution is 2.35.